The molecule has 0 saturated carbocycles. The molecule has 0 aliphatic carbocycles. The van der Waals surface area contributed by atoms with Crippen molar-refractivity contribution in [3.05, 3.63) is 87.8 Å². The topological polar surface area (TPSA) is 115 Å². The van der Waals surface area contributed by atoms with Gasteiger partial charge in [0.05, 0.1) is 16.6 Å². The lowest BCUT2D eigenvalue weighted by Gasteiger charge is -2.10. The van der Waals surface area contributed by atoms with E-state index in [0.717, 1.165) is 4.90 Å². The van der Waals surface area contributed by atoms with E-state index in [2.05, 4.69) is 20.2 Å². The molecule has 0 unspecified atom stereocenters. The van der Waals surface area contributed by atoms with E-state index in [9.17, 15) is 14.0 Å². The summed E-state index contributed by atoms with van der Waals surface area (Å²) in [6.07, 6.45) is -0.980. The zero-order valence-electron chi connectivity index (χ0n) is 17.8. The molecule has 3 N–H and O–H groups in total. The second kappa shape index (κ2) is 8.07. The predicted molar refractivity (Wildman–Crippen MR) is 123 cm³/mol. The van der Waals surface area contributed by atoms with Crippen molar-refractivity contribution in [1.82, 2.24) is 20.2 Å². The highest BCUT2D eigenvalue weighted by atomic mass is 19.1. The Labute approximate surface area is 190 Å². The molecule has 2 aromatic heterocycles. The first kappa shape index (κ1) is 21.3. The highest BCUT2D eigenvalue weighted by Gasteiger charge is 2.19. The highest BCUT2D eigenvalue weighted by molar-refractivity contribution is 5.89. The maximum Gasteiger partial charge on any atom is 0.413 e. The summed E-state index contributed by atoms with van der Waals surface area (Å²) >= 11 is 0. The van der Waals surface area contributed by atoms with E-state index in [1.165, 1.54) is 31.3 Å². The van der Waals surface area contributed by atoms with Crippen LogP contribution >= 0.6 is 0 Å². The van der Waals surface area contributed by atoms with E-state index in [1.807, 2.05) is 0 Å². The summed E-state index contributed by atoms with van der Waals surface area (Å²) in [5.74, 6) is -1.45. The van der Waals surface area contributed by atoms with Crippen LogP contribution in [0.2, 0.25) is 0 Å². The fourth-order valence-corrected chi connectivity index (χ4v) is 3.87. The number of hydrogen-bond donors (Lipinski definition) is 3. The number of carbonyl (C=O) groups is 1. The molecule has 1 amide bonds. The minimum atomic E-state index is -1.26. The molecule has 5 aromatic rings. The molecule has 0 atom stereocenters. The zero-order valence-corrected chi connectivity index (χ0v) is 17.8. The molecule has 2 heterocycles. The molecule has 0 bridgehead atoms. The molecule has 170 valence electrons. The van der Waals surface area contributed by atoms with Crippen molar-refractivity contribution in [2.75, 3.05) is 11.9 Å². The quantitative estimate of drug-likeness (QED) is 0.366. The van der Waals surface area contributed by atoms with E-state index < -0.39 is 17.7 Å². The van der Waals surface area contributed by atoms with Crippen molar-refractivity contribution in [2.45, 2.75) is 6.42 Å². The van der Waals surface area contributed by atoms with E-state index in [0.29, 0.717) is 22.0 Å². The second-order valence-electron chi connectivity index (χ2n) is 7.76. The van der Waals surface area contributed by atoms with Gasteiger partial charge >= 0.3 is 6.09 Å². The first-order chi connectivity index (χ1) is 16.3. The van der Waals surface area contributed by atoms with Gasteiger partial charge in [0.25, 0.3) is 5.56 Å². The zero-order chi connectivity index (χ0) is 24.0. The standard InChI is InChI=1S/C24H17F2N5O3/c1-31(24(33)34)23-27-18-9-7-14(20(26)21(18)28-23)16-10-12(6-8-17(16)25)11-19-13-4-2-3-5-15(13)22(32)30-29-19/h2-10H,11H2,1H3,(H,27,28)(H,30,32)(H,33,34). The van der Waals surface area contributed by atoms with Crippen LogP contribution in [0.3, 0.4) is 0 Å². The molecule has 0 radical (unpaired) electrons. The summed E-state index contributed by atoms with van der Waals surface area (Å²) in [6.45, 7) is 0. The van der Waals surface area contributed by atoms with Gasteiger partial charge in [-0.25, -0.2) is 23.7 Å². The summed E-state index contributed by atoms with van der Waals surface area (Å²) in [6, 6.07) is 14.3. The number of aromatic nitrogens is 4. The number of anilines is 1. The Hall–Kier alpha value is -4.60. The molecule has 0 saturated heterocycles. The van der Waals surface area contributed by atoms with Crippen LogP contribution in [-0.4, -0.2) is 38.4 Å². The average Bonchev–Trinajstić information content (AvgIpc) is 3.27. The molecule has 10 heteroatoms. The summed E-state index contributed by atoms with van der Waals surface area (Å²) in [5.41, 5.74) is 1.15. The molecule has 34 heavy (non-hydrogen) atoms. The third-order valence-electron chi connectivity index (χ3n) is 5.65. The Morgan fingerprint density at radius 2 is 1.82 bits per heavy atom. The third-order valence-corrected chi connectivity index (χ3v) is 5.65. The Kier molecular flexibility index (Phi) is 5.05. The monoisotopic (exact) mass is 461 g/mol. The number of nitrogens with one attached hydrogen (secondary N) is 2. The summed E-state index contributed by atoms with van der Waals surface area (Å²) < 4.78 is 30.1. The summed E-state index contributed by atoms with van der Waals surface area (Å²) in [5, 5.41) is 16.9. The molecule has 0 aliphatic rings. The maximum atomic E-state index is 15.4. The smallest absolute Gasteiger partial charge is 0.413 e. The van der Waals surface area contributed by atoms with Crippen molar-refractivity contribution in [3.63, 3.8) is 0 Å². The number of nitrogens with zero attached hydrogens (tertiary/aromatic N) is 3. The largest absolute Gasteiger partial charge is 0.465 e. The lowest BCUT2D eigenvalue weighted by Crippen LogP contribution is -2.24. The molecular formula is C24H17F2N5O3. The van der Waals surface area contributed by atoms with Crippen LogP contribution in [0.4, 0.5) is 19.5 Å². The number of aromatic amines is 2. The molecular weight excluding hydrogens is 444 g/mol. The summed E-state index contributed by atoms with van der Waals surface area (Å²) in [7, 11) is 1.27. The van der Waals surface area contributed by atoms with Crippen molar-refractivity contribution in [2.24, 2.45) is 0 Å². The summed E-state index contributed by atoms with van der Waals surface area (Å²) in [4.78, 5) is 30.8. The number of carboxylic acid groups (broad SMARTS) is 1. The molecule has 0 spiro atoms. The lowest BCUT2D eigenvalue weighted by molar-refractivity contribution is 0.203. The Morgan fingerprint density at radius 1 is 1.06 bits per heavy atom. The number of imidazole rings is 1. The van der Waals surface area contributed by atoms with Crippen molar-refractivity contribution in [3.8, 4) is 11.1 Å². The molecule has 0 fully saturated rings. The average molecular weight is 461 g/mol. The second-order valence-corrected chi connectivity index (χ2v) is 7.76. The van der Waals surface area contributed by atoms with Gasteiger partial charge in [-0.05, 0) is 35.9 Å². The van der Waals surface area contributed by atoms with E-state index in [1.54, 1.807) is 30.3 Å². The van der Waals surface area contributed by atoms with Gasteiger partial charge in [-0.1, -0.05) is 24.3 Å². The number of amides is 1. The molecule has 3 aromatic carbocycles. The predicted octanol–water partition coefficient (Wildman–Crippen LogP) is 4.45. The van der Waals surface area contributed by atoms with Crippen LogP contribution in [0.5, 0.6) is 0 Å². The van der Waals surface area contributed by atoms with Gasteiger partial charge in [-0.3, -0.25) is 9.69 Å². The minimum absolute atomic E-state index is 0.0119. The minimum Gasteiger partial charge on any atom is -0.465 e. The fourth-order valence-electron chi connectivity index (χ4n) is 3.87. The lowest BCUT2D eigenvalue weighted by atomic mass is 9.98. The normalized spacial score (nSPS) is 11.3. The number of hydrogen-bond acceptors (Lipinski definition) is 4. The number of benzene rings is 3. The van der Waals surface area contributed by atoms with Crippen LogP contribution in [0, 0.1) is 11.6 Å². The van der Waals surface area contributed by atoms with Gasteiger partial charge in [0.1, 0.15) is 11.3 Å². The third kappa shape index (κ3) is 3.54. The molecule has 8 nitrogen and oxygen atoms in total. The molecule has 5 rings (SSSR count). The van der Waals surface area contributed by atoms with Crippen LogP contribution in [0.15, 0.2) is 59.4 Å². The van der Waals surface area contributed by atoms with Crippen LogP contribution < -0.4 is 10.5 Å². The van der Waals surface area contributed by atoms with Gasteiger partial charge in [-0.2, -0.15) is 5.10 Å². The number of H-pyrrole nitrogens is 2. The number of fused-ring (bicyclic) bond motifs is 2. The Balaban J connectivity index is 1.57. The Bertz CT molecular complexity index is 1640. The number of halogens is 2. The van der Waals surface area contributed by atoms with E-state index >= 15 is 4.39 Å². The van der Waals surface area contributed by atoms with Crippen molar-refractivity contribution < 1.29 is 18.7 Å². The van der Waals surface area contributed by atoms with Gasteiger partial charge in [0.15, 0.2) is 5.82 Å². The van der Waals surface area contributed by atoms with Crippen molar-refractivity contribution in [1.29, 1.82) is 0 Å². The first-order valence-corrected chi connectivity index (χ1v) is 10.2. The van der Waals surface area contributed by atoms with Crippen LogP contribution in [0.1, 0.15) is 11.3 Å². The van der Waals surface area contributed by atoms with E-state index in [4.69, 9.17) is 5.11 Å². The van der Waals surface area contributed by atoms with Crippen LogP contribution in [-0.2, 0) is 6.42 Å². The van der Waals surface area contributed by atoms with Crippen LogP contribution in [0.25, 0.3) is 32.9 Å². The van der Waals surface area contributed by atoms with E-state index in [-0.39, 0.29) is 40.1 Å². The SMILES string of the molecule is CN(C(=O)O)c1nc2c(F)c(-c3cc(Cc4n[nH]c(=O)c5ccccc45)ccc3F)ccc2[nH]1. The highest BCUT2D eigenvalue weighted by Crippen LogP contribution is 2.32. The fraction of sp³-hybridized carbons (Fsp3) is 0.0833. The first-order valence-electron chi connectivity index (χ1n) is 10.2. The molecule has 0 aliphatic heterocycles. The van der Waals surface area contributed by atoms with Gasteiger partial charge in [0, 0.05) is 30.0 Å². The maximum absolute atomic E-state index is 15.4. The van der Waals surface area contributed by atoms with Gasteiger partial charge in [0.2, 0.25) is 5.95 Å². The van der Waals surface area contributed by atoms with Gasteiger partial charge in [-0.15, -0.1) is 0 Å². The van der Waals surface area contributed by atoms with Crippen molar-refractivity contribution >= 4 is 33.8 Å². The Morgan fingerprint density at radius 3 is 2.59 bits per heavy atom. The van der Waals surface area contributed by atoms with Gasteiger partial charge < -0.3 is 10.1 Å². The number of rotatable bonds is 4.